The Balaban J connectivity index is 2.34. The van der Waals surface area contributed by atoms with Crippen LogP contribution in [-0.2, 0) is 0 Å². The summed E-state index contributed by atoms with van der Waals surface area (Å²) < 4.78 is 0. The fraction of sp³-hybridized carbons (Fsp3) is 0.143. The van der Waals surface area contributed by atoms with Gasteiger partial charge in [0.2, 0.25) is 5.88 Å². The number of carbonyl (C=O) groups excluding carboxylic acids is 1. The number of carbonyl (C=O) groups is 1. The highest BCUT2D eigenvalue weighted by Gasteiger charge is 2.15. The number of hydrogen-bond donors (Lipinski definition) is 5. The molecule has 1 amide bonds. The number of hydrazone groups is 1. The fourth-order valence-electron chi connectivity index (χ4n) is 1.90. The molecule has 0 aliphatic carbocycles. The van der Waals surface area contributed by atoms with Crippen LogP contribution in [0.3, 0.4) is 0 Å². The van der Waals surface area contributed by atoms with Crippen LogP contribution in [-0.4, -0.2) is 31.8 Å². The third kappa shape index (κ3) is 3.46. The number of phenolic OH excluding ortho intramolecular Hbond substituents is 1. The van der Waals surface area contributed by atoms with Crippen molar-refractivity contribution in [2.45, 2.75) is 13.3 Å². The standard InChI is InChI=1S/C14H14N4O5/c1-2-8(10-12(21)15-14(23)16-13(10)22)17-18-11(20)7-5-3-4-6-9(7)19/h3-6,19H,2H2,1H3,(H,18,20)(H3,15,16,21,22,23)/b17-8-. The minimum Gasteiger partial charge on any atom is -0.507 e. The maximum atomic E-state index is 12.0. The summed E-state index contributed by atoms with van der Waals surface area (Å²) in [5.74, 6) is -1.55. The van der Waals surface area contributed by atoms with Gasteiger partial charge in [-0.25, -0.2) is 10.2 Å². The molecule has 0 spiro atoms. The Morgan fingerprint density at radius 2 is 1.91 bits per heavy atom. The number of aromatic amines is 2. The lowest BCUT2D eigenvalue weighted by Crippen LogP contribution is -2.29. The summed E-state index contributed by atoms with van der Waals surface area (Å²) in [6, 6.07) is 5.87. The molecular formula is C14H14N4O5. The highest BCUT2D eigenvalue weighted by atomic mass is 16.3. The summed E-state index contributed by atoms with van der Waals surface area (Å²) in [5, 5.41) is 23.1. The van der Waals surface area contributed by atoms with Crippen LogP contribution in [0.1, 0.15) is 29.3 Å². The molecule has 0 saturated carbocycles. The zero-order valence-corrected chi connectivity index (χ0v) is 12.1. The van der Waals surface area contributed by atoms with Crippen LogP contribution < -0.4 is 16.7 Å². The van der Waals surface area contributed by atoms with Crippen LogP contribution in [0.2, 0.25) is 0 Å². The van der Waals surface area contributed by atoms with E-state index in [1.165, 1.54) is 12.1 Å². The normalized spacial score (nSPS) is 11.3. The van der Waals surface area contributed by atoms with E-state index in [-0.39, 0.29) is 29.0 Å². The van der Waals surface area contributed by atoms with Crippen molar-refractivity contribution in [2.24, 2.45) is 5.10 Å². The van der Waals surface area contributed by atoms with E-state index >= 15 is 0 Å². The predicted molar refractivity (Wildman–Crippen MR) is 81.7 cm³/mol. The average Bonchev–Trinajstić information content (AvgIpc) is 2.49. The van der Waals surface area contributed by atoms with E-state index in [1.807, 2.05) is 9.97 Å². The largest absolute Gasteiger partial charge is 0.507 e. The van der Waals surface area contributed by atoms with Gasteiger partial charge in [0.15, 0.2) is 0 Å². The van der Waals surface area contributed by atoms with E-state index in [0.717, 1.165) is 0 Å². The smallest absolute Gasteiger partial charge is 0.328 e. The molecule has 9 heteroatoms. The number of nitrogens with one attached hydrogen (secondary N) is 3. The Morgan fingerprint density at radius 1 is 1.22 bits per heavy atom. The second-order valence-corrected chi connectivity index (χ2v) is 4.50. The Labute approximate surface area is 129 Å². The van der Waals surface area contributed by atoms with Crippen molar-refractivity contribution in [1.82, 2.24) is 15.4 Å². The van der Waals surface area contributed by atoms with E-state index < -0.39 is 23.0 Å². The van der Waals surface area contributed by atoms with E-state index in [1.54, 1.807) is 19.1 Å². The second-order valence-electron chi connectivity index (χ2n) is 4.50. The molecule has 9 nitrogen and oxygen atoms in total. The first-order valence-corrected chi connectivity index (χ1v) is 6.64. The molecule has 120 valence electrons. The Hall–Kier alpha value is -3.36. The number of H-pyrrole nitrogens is 2. The molecule has 0 aliphatic rings. The zero-order valence-electron chi connectivity index (χ0n) is 12.1. The molecule has 2 aromatic rings. The molecule has 0 fully saturated rings. The number of aromatic hydroxyl groups is 2. The van der Waals surface area contributed by atoms with Gasteiger partial charge in [-0.15, -0.1) is 0 Å². The number of para-hydroxylation sites is 1. The average molecular weight is 318 g/mol. The third-order valence-corrected chi connectivity index (χ3v) is 2.99. The number of nitrogens with zero attached hydrogens (tertiary/aromatic N) is 1. The van der Waals surface area contributed by atoms with Crippen molar-refractivity contribution in [1.29, 1.82) is 0 Å². The summed E-state index contributed by atoms with van der Waals surface area (Å²) in [7, 11) is 0. The summed E-state index contributed by atoms with van der Waals surface area (Å²) in [5.41, 5.74) is 0.324. The van der Waals surface area contributed by atoms with E-state index in [2.05, 4.69) is 10.5 Å². The van der Waals surface area contributed by atoms with Crippen LogP contribution in [0, 0.1) is 0 Å². The molecule has 0 unspecified atom stereocenters. The number of benzene rings is 1. The van der Waals surface area contributed by atoms with Crippen molar-refractivity contribution in [3.05, 3.63) is 56.2 Å². The molecule has 0 atom stereocenters. The summed E-state index contributed by atoms with van der Waals surface area (Å²) in [6.07, 6.45) is 0.198. The molecule has 0 saturated heterocycles. The van der Waals surface area contributed by atoms with Crippen LogP contribution in [0.5, 0.6) is 11.6 Å². The molecule has 1 aromatic heterocycles. The van der Waals surface area contributed by atoms with Crippen LogP contribution >= 0.6 is 0 Å². The highest BCUT2D eigenvalue weighted by molar-refractivity contribution is 6.03. The monoisotopic (exact) mass is 318 g/mol. The first-order valence-electron chi connectivity index (χ1n) is 6.64. The molecule has 2 rings (SSSR count). The quantitative estimate of drug-likeness (QED) is 0.398. The number of rotatable bonds is 4. The Morgan fingerprint density at radius 3 is 2.52 bits per heavy atom. The highest BCUT2D eigenvalue weighted by Crippen LogP contribution is 2.15. The van der Waals surface area contributed by atoms with E-state index in [0.29, 0.717) is 0 Å². The van der Waals surface area contributed by atoms with Crippen molar-refractivity contribution < 1.29 is 15.0 Å². The SMILES string of the molecule is CC/C(=N/NC(=O)c1ccccc1O)c1c(O)[nH]c(=O)[nH]c1=O. The Bertz CT molecular complexity index is 881. The van der Waals surface area contributed by atoms with Gasteiger partial charge in [0.1, 0.15) is 11.3 Å². The lowest BCUT2D eigenvalue weighted by atomic mass is 10.1. The zero-order chi connectivity index (χ0) is 17.0. The molecule has 0 radical (unpaired) electrons. The van der Waals surface area contributed by atoms with Crippen LogP contribution in [0.15, 0.2) is 39.0 Å². The van der Waals surface area contributed by atoms with Crippen molar-refractivity contribution >= 4 is 11.6 Å². The van der Waals surface area contributed by atoms with E-state index in [9.17, 15) is 24.6 Å². The molecule has 1 heterocycles. The van der Waals surface area contributed by atoms with Crippen LogP contribution in [0.25, 0.3) is 0 Å². The second kappa shape index (κ2) is 6.60. The lowest BCUT2D eigenvalue weighted by Gasteiger charge is -2.06. The van der Waals surface area contributed by atoms with Gasteiger partial charge < -0.3 is 10.2 Å². The third-order valence-electron chi connectivity index (χ3n) is 2.99. The first-order chi connectivity index (χ1) is 10.9. The van der Waals surface area contributed by atoms with Gasteiger partial charge in [-0.2, -0.15) is 5.10 Å². The van der Waals surface area contributed by atoms with Gasteiger partial charge in [-0.1, -0.05) is 19.1 Å². The van der Waals surface area contributed by atoms with Gasteiger partial charge in [-0.3, -0.25) is 19.6 Å². The van der Waals surface area contributed by atoms with Gasteiger partial charge >= 0.3 is 5.69 Å². The predicted octanol–water partition coefficient (Wildman–Crippen LogP) is 0.0185. The maximum Gasteiger partial charge on any atom is 0.328 e. The molecule has 0 aliphatic heterocycles. The van der Waals surface area contributed by atoms with Crippen LogP contribution in [0.4, 0.5) is 0 Å². The fourth-order valence-corrected chi connectivity index (χ4v) is 1.90. The van der Waals surface area contributed by atoms with Gasteiger partial charge in [0, 0.05) is 0 Å². The minimum absolute atomic E-state index is 0.00584. The van der Waals surface area contributed by atoms with Crippen molar-refractivity contribution in [3.63, 3.8) is 0 Å². The van der Waals surface area contributed by atoms with E-state index in [4.69, 9.17) is 0 Å². The summed E-state index contributed by atoms with van der Waals surface area (Å²) >= 11 is 0. The summed E-state index contributed by atoms with van der Waals surface area (Å²) in [6.45, 7) is 1.65. The first kappa shape index (κ1) is 16.0. The number of amides is 1. The van der Waals surface area contributed by atoms with Crippen molar-refractivity contribution in [2.75, 3.05) is 0 Å². The van der Waals surface area contributed by atoms with Crippen molar-refractivity contribution in [3.8, 4) is 11.6 Å². The molecule has 1 aromatic carbocycles. The summed E-state index contributed by atoms with van der Waals surface area (Å²) in [4.78, 5) is 38.8. The number of phenols is 1. The van der Waals surface area contributed by atoms with Gasteiger partial charge in [0.25, 0.3) is 11.5 Å². The molecule has 5 N–H and O–H groups in total. The number of hydrogen-bond acceptors (Lipinski definition) is 6. The Kier molecular flexibility index (Phi) is 4.60. The molecular weight excluding hydrogens is 304 g/mol. The number of aromatic nitrogens is 2. The topological polar surface area (TPSA) is 148 Å². The minimum atomic E-state index is -0.857. The molecule has 23 heavy (non-hydrogen) atoms. The molecule has 0 bridgehead atoms. The van der Waals surface area contributed by atoms with Gasteiger partial charge in [0.05, 0.1) is 11.3 Å². The maximum absolute atomic E-state index is 12.0. The lowest BCUT2D eigenvalue weighted by molar-refractivity contribution is 0.0952. The van der Waals surface area contributed by atoms with Gasteiger partial charge in [-0.05, 0) is 18.6 Å².